The van der Waals surface area contributed by atoms with E-state index in [1.54, 1.807) is 0 Å². The van der Waals surface area contributed by atoms with Crippen molar-refractivity contribution in [2.45, 2.75) is 78.0 Å². The standard InChI is InChI=1S/C29H37F5N2O3Si/c1-28-12-11-16(35-37-3)13-15(28)7-8-17-18-9-10-20(36-38-4)29(18,2)14-19(21(17)28)39-40(5,6)27-25(33)23(31)22(30)24(32)26(27)34/h13,17-19,21H,7-12,14H2,1-6H3/b35-16-,36-20+/t17-,18-,19-,21+,28-,29-/m0/s1. The zero-order valence-electron chi connectivity index (χ0n) is 23.8. The highest BCUT2D eigenvalue weighted by atomic mass is 28.4. The average Bonchev–Trinajstić information content (AvgIpc) is 3.22. The molecule has 3 saturated carbocycles. The number of rotatable bonds is 5. The van der Waals surface area contributed by atoms with E-state index < -0.39 is 48.7 Å². The lowest BCUT2D eigenvalue weighted by atomic mass is 9.46. The van der Waals surface area contributed by atoms with Gasteiger partial charge in [-0.15, -0.1) is 0 Å². The van der Waals surface area contributed by atoms with Crippen LogP contribution in [-0.4, -0.2) is 40.1 Å². The first-order chi connectivity index (χ1) is 18.8. The SMILES string of the molecule is CO/N=C1\C=C2CC[C@@H]3[C@H]([C@@H](O[Si](C)(C)c4c(F)c(F)c(F)c(F)c4F)C[C@]4(C)/C(=N/OC)CC[C@@H]34)[C@@]2(C)CC1. The van der Waals surface area contributed by atoms with E-state index in [-0.39, 0.29) is 22.7 Å². The molecule has 0 amide bonds. The second-order valence-electron chi connectivity index (χ2n) is 12.7. The second-order valence-corrected chi connectivity index (χ2v) is 16.4. The van der Waals surface area contributed by atoms with E-state index in [2.05, 4.69) is 30.2 Å². The van der Waals surface area contributed by atoms with Crippen LogP contribution < -0.4 is 5.19 Å². The Balaban J connectivity index is 1.62. The lowest BCUT2D eigenvalue weighted by Gasteiger charge is -2.60. The van der Waals surface area contributed by atoms with Crippen molar-refractivity contribution in [2.24, 2.45) is 38.9 Å². The van der Waals surface area contributed by atoms with E-state index in [1.807, 2.05) is 0 Å². The highest BCUT2D eigenvalue weighted by Crippen LogP contribution is 2.65. The van der Waals surface area contributed by atoms with Gasteiger partial charge >= 0.3 is 0 Å². The van der Waals surface area contributed by atoms with Crippen molar-refractivity contribution in [3.05, 3.63) is 40.7 Å². The molecule has 0 radical (unpaired) electrons. The number of fused-ring (bicyclic) bond motifs is 5. The largest absolute Gasteiger partial charge is 0.409 e. The molecule has 11 heteroatoms. The average molecular weight is 585 g/mol. The fraction of sp³-hybridized carbons (Fsp3) is 0.655. The van der Waals surface area contributed by atoms with Gasteiger partial charge in [0.2, 0.25) is 14.1 Å². The Kier molecular flexibility index (Phi) is 7.47. The molecule has 0 bridgehead atoms. The van der Waals surface area contributed by atoms with Crippen LogP contribution in [0.2, 0.25) is 13.1 Å². The molecule has 3 fully saturated rings. The van der Waals surface area contributed by atoms with Gasteiger partial charge in [0.15, 0.2) is 23.3 Å². The number of hydrogen-bond donors (Lipinski definition) is 0. The third kappa shape index (κ3) is 4.33. The molecular weight excluding hydrogens is 547 g/mol. The number of halogens is 5. The summed E-state index contributed by atoms with van der Waals surface area (Å²) in [6, 6.07) is 0. The molecule has 0 saturated heterocycles. The molecule has 4 aliphatic carbocycles. The number of nitrogens with zero attached hydrogens (tertiary/aromatic N) is 2. The van der Waals surface area contributed by atoms with Gasteiger partial charge < -0.3 is 14.1 Å². The minimum atomic E-state index is -3.68. The Labute approximate surface area is 232 Å². The molecule has 0 N–H and O–H groups in total. The highest BCUT2D eigenvalue weighted by Gasteiger charge is 2.62. The first-order valence-corrected chi connectivity index (χ1v) is 16.8. The van der Waals surface area contributed by atoms with Crippen LogP contribution in [-0.2, 0) is 14.1 Å². The predicted octanol–water partition coefficient (Wildman–Crippen LogP) is 6.76. The van der Waals surface area contributed by atoms with Crippen molar-refractivity contribution in [1.29, 1.82) is 0 Å². The molecule has 5 rings (SSSR count). The Morgan fingerprint density at radius 3 is 2.08 bits per heavy atom. The summed E-state index contributed by atoms with van der Waals surface area (Å²) in [6.45, 7) is 7.41. The molecule has 40 heavy (non-hydrogen) atoms. The summed E-state index contributed by atoms with van der Waals surface area (Å²) in [4.78, 5) is 10.2. The second kappa shape index (κ2) is 10.2. The predicted molar refractivity (Wildman–Crippen MR) is 144 cm³/mol. The van der Waals surface area contributed by atoms with E-state index >= 15 is 8.78 Å². The molecule has 0 spiro atoms. The summed E-state index contributed by atoms with van der Waals surface area (Å²) < 4.78 is 79.3. The molecule has 220 valence electrons. The van der Waals surface area contributed by atoms with Crippen LogP contribution in [0.25, 0.3) is 0 Å². The van der Waals surface area contributed by atoms with Crippen LogP contribution in [0.1, 0.15) is 58.8 Å². The summed E-state index contributed by atoms with van der Waals surface area (Å²) in [5.74, 6) is -9.11. The Hall–Kier alpha value is -2.27. The third-order valence-electron chi connectivity index (χ3n) is 10.3. The number of allylic oxidation sites excluding steroid dienone is 2. The molecule has 0 unspecified atom stereocenters. The minimum absolute atomic E-state index is 0.00963. The van der Waals surface area contributed by atoms with Gasteiger partial charge in [0.25, 0.3) is 0 Å². The molecule has 4 aliphatic rings. The Bertz CT molecular complexity index is 1270. The first-order valence-electron chi connectivity index (χ1n) is 13.9. The van der Waals surface area contributed by atoms with E-state index in [9.17, 15) is 13.2 Å². The highest BCUT2D eigenvalue weighted by molar-refractivity contribution is 6.84. The molecule has 0 heterocycles. The third-order valence-corrected chi connectivity index (χ3v) is 12.8. The van der Waals surface area contributed by atoms with Gasteiger partial charge in [-0.25, -0.2) is 22.0 Å². The fourth-order valence-corrected chi connectivity index (χ4v) is 11.0. The first kappa shape index (κ1) is 29.2. The van der Waals surface area contributed by atoms with Crippen LogP contribution in [0.5, 0.6) is 0 Å². The fourth-order valence-electron chi connectivity index (χ4n) is 8.58. The van der Waals surface area contributed by atoms with Crippen LogP contribution in [0.4, 0.5) is 22.0 Å². The molecule has 0 aliphatic heterocycles. The maximum absolute atomic E-state index is 15.1. The maximum Gasteiger partial charge on any atom is 0.225 e. The quantitative estimate of drug-likeness (QED) is 0.126. The van der Waals surface area contributed by atoms with E-state index in [0.717, 1.165) is 43.5 Å². The van der Waals surface area contributed by atoms with Crippen molar-refractivity contribution in [1.82, 2.24) is 0 Å². The van der Waals surface area contributed by atoms with Crippen molar-refractivity contribution in [2.75, 3.05) is 14.2 Å². The maximum atomic E-state index is 15.1. The van der Waals surface area contributed by atoms with Gasteiger partial charge in [0.1, 0.15) is 14.2 Å². The summed E-state index contributed by atoms with van der Waals surface area (Å²) in [5.41, 5.74) is 2.42. The Morgan fingerprint density at radius 2 is 1.45 bits per heavy atom. The van der Waals surface area contributed by atoms with Gasteiger partial charge in [-0.05, 0) is 87.3 Å². The van der Waals surface area contributed by atoms with Crippen LogP contribution >= 0.6 is 0 Å². The Morgan fingerprint density at radius 1 is 0.825 bits per heavy atom. The zero-order chi connectivity index (χ0) is 29.2. The van der Waals surface area contributed by atoms with Gasteiger partial charge in [-0.2, -0.15) is 0 Å². The van der Waals surface area contributed by atoms with Gasteiger partial charge in [0, 0.05) is 10.6 Å². The number of benzene rings is 1. The van der Waals surface area contributed by atoms with Crippen LogP contribution in [0.15, 0.2) is 22.0 Å². The van der Waals surface area contributed by atoms with Crippen molar-refractivity contribution < 1.29 is 36.1 Å². The summed E-state index contributed by atoms with van der Waals surface area (Å²) in [7, 11) is -0.645. The lowest BCUT2D eigenvalue weighted by molar-refractivity contribution is -0.0950. The number of hydrogen-bond acceptors (Lipinski definition) is 5. The summed E-state index contributed by atoms with van der Waals surface area (Å²) in [5, 5.41) is 7.71. The van der Waals surface area contributed by atoms with Crippen LogP contribution in [0.3, 0.4) is 0 Å². The minimum Gasteiger partial charge on any atom is -0.409 e. The zero-order valence-corrected chi connectivity index (χ0v) is 24.8. The molecular formula is C29H37F5N2O3Si. The van der Waals surface area contributed by atoms with E-state index in [4.69, 9.17) is 14.1 Å². The van der Waals surface area contributed by atoms with Gasteiger partial charge in [-0.1, -0.05) is 29.7 Å². The van der Waals surface area contributed by atoms with Crippen LogP contribution in [0, 0.1) is 57.7 Å². The molecule has 1 aromatic carbocycles. The van der Waals surface area contributed by atoms with Crippen molar-refractivity contribution in [3.8, 4) is 0 Å². The monoisotopic (exact) mass is 584 g/mol. The topological polar surface area (TPSA) is 52.4 Å². The van der Waals surface area contributed by atoms with E-state index in [1.165, 1.54) is 32.9 Å². The molecule has 5 nitrogen and oxygen atoms in total. The molecule has 1 aromatic rings. The van der Waals surface area contributed by atoms with Gasteiger partial charge in [0.05, 0.1) is 17.5 Å². The van der Waals surface area contributed by atoms with E-state index in [0.29, 0.717) is 18.8 Å². The summed E-state index contributed by atoms with van der Waals surface area (Å²) >= 11 is 0. The van der Waals surface area contributed by atoms with Crippen molar-refractivity contribution in [3.63, 3.8) is 0 Å². The van der Waals surface area contributed by atoms with Crippen molar-refractivity contribution >= 4 is 24.9 Å². The molecule has 6 atom stereocenters. The normalized spacial score (nSPS) is 35.7. The number of oxime groups is 2. The summed E-state index contributed by atoms with van der Waals surface area (Å²) in [6.07, 6.45) is 7.17. The van der Waals surface area contributed by atoms with Gasteiger partial charge in [-0.3, -0.25) is 0 Å². The smallest absolute Gasteiger partial charge is 0.225 e. The lowest BCUT2D eigenvalue weighted by Crippen LogP contribution is -2.61. The molecule has 0 aromatic heterocycles.